The van der Waals surface area contributed by atoms with E-state index in [1.165, 1.54) is 12.7 Å². The number of hydrogen-bond donors (Lipinski definition) is 2. The lowest BCUT2D eigenvalue weighted by atomic mass is 9.98. The first-order valence-electron chi connectivity index (χ1n) is 7.65. The molecule has 0 aromatic heterocycles. The molecular weight excluding hydrogens is 344 g/mol. The van der Waals surface area contributed by atoms with Crippen molar-refractivity contribution in [3.63, 3.8) is 0 Å². The largest absolute Gasteiger partial charge is 0.452 e. The average molecular weight is 365 g/mol. The summed E-state index contributed by atoms with van der Waals surface area (Å²) in [5.41, 5.74) is 8.87. The van der Waals surface area contributed by atoms with Gasteiger partial charge in [-0.1, -0.05) is 54.9 Å². The summed E-state index contributed by atoms with van der Waals surface area (Å²) in [5.74, 6) is 2.09. The number of halogens is 1. The van der Waals surface area contributed by atoms with E-state index in [2.05, 4.69) is 46.8 Å². The van der Waals surface area contributed by atoms with Crippen LogP contribution in [0.1, 0.15) is 29.7 Å². The van der Waals surface area contributed by atoms with Crippen LogP contribution in [0.2, 0.25) is 5.02 Å². The van der Waals surface area contributed by atoms with Crippen LogP contribution in [-0.4, -0.2) is 19.0 Å². The van der Waals surface area contributed by atoms with E-state index < -0.39 is 6.09 Å². The normalized spacial score (nSPS) is 11.8. The van der Waals surface area contributed by atoms with Crippen LogP contribution in [0.3, 0.4) is 0 Å². The van der Waals surface area contributed by atoms with Gasteiger partial charge in [0.25, 0.3) is 0 Å². The molecule has 0 bridgehead atoms. The minimum atomic E-state index is -0.537. The third-order valence-electron chi connectivity index (χ3n) is 3.49. The first-order valence-corrected chi connectivity index (χ1v) is 9.18. The van der Waals surface area contributed by atoms with Crippen LogP contribution in [0, 0.1) is 0 Å². The molecule has 2 aromatic carbocycles. The van der Waals surface area contributed by atoms with Crippen molar-refractivity contribution in [2.45, 2.75) is 18.7 Å². The number of carbonyl (C=O) groups excluding carboxylic acids is 1. The highest BCUT2D eigenvalue weighted by molar-refractivity contribution is 7.98. The molecule has 2 aromatic rings. The van der Waals surface area contributed by atoms with E-state index in [9.17, 15) is 4.79 Å². The third-order valence-corrected chi connectivity index (χ3v) is 4.69. The maximum absolute atomic E-state index is 11.4. The summed E-state index contributed by atoms with van der Waals surface area (Å²) in [5, 5.41) is 0.672. The summed E-state index contributed by atoms with van der Waals surface area (Å²) in [7, 11) is 1.33. The molecule has 0 heterocycles. The maximum atomic E-state index is 11.4. The number of rotatable bonds is 7. The fourth-order valence-corrected chi connectivity index (χ4v) is 2.98. The summed E-state index contributed by atoms with van der Waals surface area (Å²) >= 11 is 7.86. The molecule has 0 aliphatic heterocycles. The maximum Gasteiger partial charge on any atom is 0.421 e. The lowest BCUT2D eigenvalue weighted by Crippen LogP contribution is -2.40. The van der Waals surface area contributed by atoms with Gasteiger partial charge in [-0.15, -0.1) is 0 Å². The third kappa shape index (κ3) is 5.44. The predicted octanol–water partition coefficient (Wildman–Crippen LogP) is 4.54. The molecule has 0 aliphatic carbocycles. The number of amides is 1. The van der Waals surface area contributed by atoms with Crippen molar-refractivity contribution in [2.24, 2.45) is 0 Å². The first-order chi connectivity index (χ1) is 11.6. The van der Waals surface area contributed by atoms with Crippen LogP contribution < -0.4 is 10.9 Å². The summed E-state index contributed by atoms with van der Waals surface area (Å²) in [6, 6.07) is 15.7. The van der Waals surface area contributed by atoms with Crippen molar-refractivity contribution in [1.82, 2.24) is 10.9 Å². The van der Waals surface area contributed by atoms with E-state index in [0.717, 1.165) is 22.6 Å². The summed E-state index contributed by atoms with van der Waals surface area (Å²) in [6.07, 6.45) is -0.537. The fourth-order valence-electron chi connectivity index (χ4n) is 2.22. The zero-order valence-electron chi connectivity index (χ0n) is 13.7. The molecule has 0 aliphatic rings. The standard InChI is InChI=1S/C18H21ClN2O2S/c1-3-24-12-13-4-6-14(7-5-13)17(20-21-18(22)23-2)15-8-10-16(19)11-9-15/h4-11,17,20H,3,12H2,1-2H3,(H,21,22). The quantitative estimate of drug-likeness (QED) is 0.708. The summed E-state index contributed by atoms with van der Waals surface area (Å²) in [6.45, 7) is 2.15. The molecule has 6 heteroatoms. The van der Waals surface area contributed by atoms with Gasteiger partial charge in [-0.2, -0.15) is 11.8 Å². The molecule has 0 fully saturated rings. The van der Waals surface area contributed by atoms with Gasteiger partial charge in [0.1, 0.15) is 0 Å². The number of hydrazine groups is 1. The molecule has 0 radical (unpaired) electrons. The molecule has 0 saturated carbocycles. The Labute approximate surface area is 151 Å². The molecule has 1 amide bonds. The van der Waals surface area contributed by atoms with Gasteiger partial charge in [0, 0.05) is 10.8 Å². The number of nitrogens with one attached hydrogen (secondary N) is 2. The smallest absolute Gasteiger partial charge is 0.421 e. The van der Waals surface area contributed by atoms with Crippen molar-refractivity contribution in [3.8, 4) is 0 Å². The zero-order valence-corrected chi connectivity index (χ0v) is 15.3. The van der Waals surface area contributed by atoms with E-state index >= 15 is 0 Å². The van der Waals surface area contributed by atoms with Crippen molar-refractivity contribution in [1.29, 1.82) is 0 Å². The van der Waals surface area contributed by atoms with Crippen LogP contribution in [-0.2, 0) is 10.5 Å². The van der Waals surface area contributed by atoms with E-state index in [0.29, 0.717) is 5.02 Å². The van der Waals surface area contributed by atoms with Crippen LogP contribution in [0.4, 0.5) is 4.79 Å². The van der Waals surface area contributed by atoms with Gasteiger partial charge in [-0.05, 0) is 34.6 Å². The Bertz CT molecular complexity index is 647. The number of hydrogen-bond acceptors (Lipinski definition) is 4. The van der Waals surface area contributed by atoms with Crippen LogP contribution >= 0.6 is 23.4 Å². The van der Waals surface area contributed by atoms with Crippen LogP contribution in [0.5, 0.6) is 0 Å². The van der Waals surface area contributed by atoms with Gasteiger partial charge in [0.15, 0.2) is 0 Å². The first kappa shape index (κ1) is 18.6. The number of benzene rings is 2. The van der Waals surface area contributed by atoms with E-state index in [1.807, 2.05) is 36.0 Å². The lowest BCUT2D eigenvalue weighted by molar-refractivity contribution is 0.164. The summed E-state index contributed by atoms with van der Waals surface area (Å²) in [4.78, 5) is 11.4. The second-order valence-electron chi connectivity index (χ2n) is 5.12. The molecule has 2 rings (SSSR count). The lowest BCUT2D eigenvalue weighted by Gasteiger charge is -2.20. The van der Waals surface area contributed by atoms with Crippen molar-refractivity contribution < 1.29 is 9.53 Å². The molecule has 1 unspecified atom stereocenters. The monoisotopic (exact) mass is 364 g/mol. The van der Waals surface area contributed by atoms with Gasteiger partial charge in [0.2, 0.25) is 0 Å². The molecule has 0 spiro atoms. The minimum Gasteiger partial charge on any atom is -0.452 e. The van der Waals surface area contributed by atoms with E-state index in [-0.39, 0.29) is 6.04 Å². The SMILES string of the molecule is CCSCc1ccc(C(NNC(=O)OC)c2ccc(Cl)cc2)cc1. The molecule has 4 nitrogen and oxygen atoms in total. The Morgan fingerprint density at radius 3 is 2.25 bits per heavy atom. The highest BCUT2D eigenvalue weighted by atomic mass is 35.5. The van der Waals surface area contributed by atoms with E-state index in [4.69, 9.17) is 11.6 Å². The Kier molecular flexibility index (Phi) is 7.43. The summed E-state index contributed by atoms with van der Waals surface area (Å²) < 4.78 is 4.62. The van der Waals surface area contributed by atoms with Gasteiger partial charge < -0.3 is 4.74 Å². The Morgan fingerprint density at radius 2 is 1.71 bits per heavy atom. The zero-order chi connectivity index (χ0) is 17.4. The number of thioether (sulfide) groups is 1. The Hall–Kier alpha value is -1.69. The van der Waals surface area contributed by atoms with Crippen LogP contribution in [0.25, 0.3) is 0 Å². The van der Waals surface area contributed by atoms with Crippen molar-refractivity contribution >= 4 is 29.5 Å². The fraction of sp³-hybridized carbons (Fsp3) is 0.278. The highest BCUT2D eigenvalue weighted by Gasteiger charge is 2.15. The van der Waals surface area contributed by atoms with Crippen LogP contribution in [0.15, 0.2) is 48.5 Å². The van der Waals surface area contributed by atoms with Gasteiger partial charge >= 0.3 is 6.09 Å². The number of methoxy groups -OCH3 is 1. The second-order valence-corrected chi connectivity index (χ2v) is 6.83. The molecular formula is C18H21ClN2O2S. The molecule has 128 valence electrons. The molecule has 0 saturated heterocycles. The molecule has 1 atom stereocenters. The molecule has 24 heavy (non-hydrogen) atoms. The molecule has 2 N–H and O–H groups in total. The number of ether oxygens (including phenoxy) is 1. The Morgan fingerprint density at radius 1 is 1.12 bits per heavy atom. The Balaban J connectivity index is 2.20. The van der Waals surface area contributed by atoms with E-state index in [1.54, 1.807) is 0 Å². The number of carbonyl (C=O) groups is 1. The van der Waals surface area contributed by atoms with Crippen molar-refractivity contribution in [2.75, 3.05) is 12.9 Å². The topological polar surface area (TPSA) is 50.4 Å². The van der Waals surface area contributed by atoms with Crippen molar-refractivity contribution in [3.05, 3.63) is 70.2 Å². The predicted molar refractivity (Wildman–Crippen MR) is 100 cm³/mol. The minimum absolute atomic E-state index is 0.200. The van der Waals surface area contributed by atoms with Gasteiger partial charge in [-0.3, -0.25) is 5.43 Å². The van der Waals surface area contributed by atoms with Gasteiger partial charge in [0.05, 0.1) is 13.2 Å². The second kappa shape index (κ2) is 9.57. The average Bonchev–Trinajstić information content (AvgIpc) is 2.62. The van der Waals surface area contributed by atoms with Gasteiger partial charge in [-0.25, -0.2) is 10.2 Å². The highest BCUT2D eigenvalue weighted by Crippen LogP contribution is 2.24.